The zero-order valence-corrected chi connectivity index (χ0v) is 16.5. The molecule has 0 saturated heterocycles. The van der Waals surface area contributed by atoms with Crippen molar-refractivity contribution in [1.82, 2.24) is 20.2 Å². The summed E-state index contributed by atoms with van der Waals surface area (Å²) < 4.78 is 14.1. The molecule has 0 bridgehead atoms. The Morgan fingerprint density at radius 1 is 1.17 bits per heavy atom. The molecule has 8 heteroatoms. The van der Waals surface area contributed by atoms with Crippen LogP contribution in [0.15, 0.2) is 24.4 Å². The Labute approximate surface area is 168 Å². The number of rotatable bonds is 3. The zero-order valence-electron chi connectivity index (χ0n) is 16.5. The second-order valence-corrected chi connectivity index (χ2v) is 7.15. The van der Waals surface area contributed by atoms with E-state index in [0.29, 0.717) is 29.3 Å². The van der Waals surface area contributed by atoms with Crippen LogP contribution in [0.4, 0.5) is 21.6 Å². The molecule has 0 atom stereocenters. The third-order valence-corrected chi connectivity index (χ3v) is 5.21. The molecule has 146 valence electrons. The number of aryl methyl sites for hydroxylation is 1. The maximum Gasteiger partial charge on any atom is 0.236 e. The number of hydrogen-bond donors (Lipinski definition) is 1. The minimum atomic E-state index is -0.539. The minimum absolute atomic E-state index is 0.314. The number of halogens is 1. The lowest BCUT2D eigenvalue weighted by Crippen LogP contribution is -2.32. The number of nitrogens with zero attached hydrogens (tertiary/aromatic N) is 6. The van der Waals surface area contributed by atoms with Gasteiger partial charge in [0.15, 0.2) is 11.5 Å². The fourth-order valence-electron chi connectivity index (χ4n) is 3.45. The summed E-state index contributed by atoms with van der Waals surface area (Å²) in [5.74, 6) is 0.239. The predicted octanol–water partition coefficient (Wildman–Crippen LogP) is 3.51. The van der Waals surface area contributed by atoms with Crippen molar-refractivity contribution in [2.24, 2.45) is 0 Å². The number of nitriles is 1. The Morgan fingerprint density at radius 2 is 2.00 bits per heavy atom. The predicted molar refractivity (Wildman–Crippen MR) is 107 cm³/mol. The first-order valence-electron chi connectivity index (χ1n) is 9.33. The summed E-state index contributed by atoms with van der Waals surface area (Å²) >= 11 is 0. The lowest BCUT2D eigenvalue weighted by Gasteiger charge is -2.30. The van der Waals surface area contributed by atoms with Gasteiger partial charge in [-0.2, -0.15) is 9.65 Å². The summed E-state index contributed by atoms with van der Waals surface area (Å²) in [6, 6.07) is 7.48. The van der Waals surface area contributed by atoms with Gasteiger partial charge in [0.2, 0.25) is 5.95 Å². The van der Waals surface area contributed by atoms with E-state index in [4.69, 9.17) is 5.26 Å². The van der Waals surface area contributed by atoms with Crippen molar-refractivity contribution in [3.63, 3.8) is 0 Å². The minimum Gasteiger partial charge on any atom is -0.351 e. The van der Waals surface area contributed by atoms with Crippen molar-refractivity contribution in [2.45, 2.75) is 33.7 Å². The van der Waals surface area contributed by atoms with Crippen LogP contribution in [-0.4, -0.2) is 26.7 Å². The molecule has 3 aromatic heterocycles. The van der Waals surface area contributed by atoms with Crippen molar-refractivity contribution in [3.8, 4) is 6.07 Å². The summed E-state index contributed by atoms with van der Waals surface area (Å²) in [4.78, 5) is 10.5. The molecule has 0 amide bonds. The average Bonchev–Trinajstić information content (AvgIpc) is 2.71. The van der Waals surface area contributed by atoms with Gasteiger partial charge in [0.05, 0.1) is 17.6 Å². The summed E-state index contributed by atoms with van der Waals surface area (Å²) in [6.07, 6.45) is 2.49. The molecular weight excluding hydrogens is 369 g/mol. The summed E-state index contributed by atoms with van der Waals surface area (Å²) in [5.41, 5.74) is 5.86. The standard InChI is InChI=1S/C21H20FN7/c1-12-4-5-18(20(22)25-12)26-16-8-15-11-29(7-6-17(15)24-10-16)21-14(3)13(2)19(9-23)27-28-21/h4-5,8,10,26H,6-7,11H2,1-3H3. The number of anilines is 3. The van der Waals surface area contributed by atoms with Crippen molar-refractivity contribution < 1.29 is 4.39 Å². The van der Waals surface area contributed by atoms with Gasteiger partial charge in [0.1, 0.15) is 6.07 Å². The van der Waals surface area contributed by atoms with Crippen LogP contribution in [0.2, 0.25) is 0 Å². The largest absolute Gasteiger partial charge is 0.351 e. The van der Waals surface area contributed by atoms with E-state index in [0.717, 1.165) is 41.2 Å². The van der Waals surface area contributed by atoms with E-state index in [1.165, 1.54) is 0 Å². The smallest absolute Gasteiger partial charge is 0.236 e. The van der Waals surface area contributed by atoms with Gasteiger partial charge in [-0.1, -0.05) is 0 Å². The molecule has 29 heavy (non-hydrogen) atoms. The molecule has 0 saturated carbocycles. The molecule has 0 spiro atoms. The maximum atomic E-state index is 14.1. The number of aromatic nitrogens is 4. The molecule has 3 aromatic rings. The highest BCUT2D eigenvalue weighted by Crippen LogP contribution is 2.28. The van der Waals surface area contributed by atoms with Crippen LogP contribution in [0.5, 0.6) is 0 Å². The van der Waals surface area contributed by atoms with Crippen molar-refractivity contribution >= 4 is 17.2 Å². The van der Waals surface area contributed by atoms with E-state index in [2.05, 4.69) is 36.5 Å². The number of pyridine rings is 2. The third kappa shape index (κ3) is 3.59. The molecule has 0 aromatic carbocycles. The quantitative estimate of drug-likeness (QED) is 0.686. The molecular formula is C21H20FN7. The molecule has 4 heterocycles. The van der Waals surface area contributed by atoms with E-state index in [-0.39, 0.29) is 0 Å². The Balaban J connectivity index is 1.60. The number of hydrogen-bond acceptors (Lipinski definition) is 7. The van der Waals surface area contributed by atoms with E-state index < -0.39 is 5.95 Å². The molecule has 1 N–H and O–H groups in total. The van der Waals surface area contributed by atoms with Crippen LogP contribution in [0, 0.1) is 38.1 Å². The lowest BCUT2D eigenvalue weighted by molar-refractivity contribution is 0.584. The lowest BCUT2D eigenvalue weighted by atomic mass is 10.0. The van der Waals surface area contributed by atoms with Gasteiger partial charge in [-0.05, 0) is 55.7 Å². The van der Waals surface area contributed by atoms with Crippen molar-refractivity contribution in [2.75, 3.05) is 16.8 Å². The summed E-state index contributed by atoms with van der Waals surface area (Å²) in [6.45, 7) is 6.98. The Kier molecular flexibility index (Phi) is 4.80. The third-order valence-electron chi connectivity index (χ3n) is 5.21. The topological polar surface area (TPSA) is 90.6 Å². The molecule has 0 unspecified atom stereocenters. The van der Waals surface area contributed by atoms with E-state index in [1.54, 1.807) is 25.3 Å². The first-order valence-corrected chi connectivity index (χ1v) is 9.33. The fourth-order valence-corrected chi connectivity index (χ4v) is 3.45. The van der Waals surface area contributed by atoms with Crippen molar-refractivity contribution in [3.05, 3.63) is 64.1 Å². The monoisotopic (exact) mass is 389 g/mol. The zero-order chi connectivity index (χ0) is 20.5. The van der Waals surface area contributed by atoms with Crippen LogP contribution in [0.25, 0.3) is 0 Å². The molecule has 4 rings (SSSR count). The molecule has 7 nitrogen and oxygen atoms in total. The number of nitrogens with one attached hydrogen (secondary N) is 1. The Morgan fingerprint density at radius 3 is 2.76 bits per heavy atom. The highest BCUT2D eigenvalue weighted by molar-refractivity contribution is 5.60. The second-order valence-electron chi connectivity index (χ2n) is 7.15. The van der Waals surface area contributed by atoms with E-state index >= 15 is 0 Å². The van der Waals surface area contributed by atoms with Gasteiger partial charge in [-0.15, -0.1) is 10.2 Å². The van der Waals surface area contributed by atoms with Gasteiger partial charge in [-0.3, -0.25) is 4.98 Å². The molecule has 0 fully saturated rings. The van der Waals surface area contributed by atoms with Crippen LogP contribution in [0.3, 0.4) is 0 Å². The Bertz CT molecular complexity index is 1140. The maximum absolute atomic E-state index is 14.1. The Hall–Kier alpha value is -3.60. The molecule has 0 radical (unpaired) electrons. The van der Waals surface area contributed by atoms with Crippen LogP contribution in [0.1, 0.15) is 33.8 Å². The van der Waals surface area contributed by atoms with Crippen LogP contribution in [-0.2, 0) is 13.0 Å². The van der Waals surface area contributed by atoms with E-state index in [1.807, 2.05) is 19.9 Å². The SMILES string of the molecule is Cc1ccc(Nc2cnc3c(c2)CN(c2nnc(C#N)c(C)c2C)CC3)c(F)n1. The fraction of sp³-hybridized carbons (Fsp3) is 0.286. The van der Waals surface area contributed by atoms with Crippen LogP contribution >= 0.6 is 0 Å². The van der Waals surface area contributed by atoms with E-state index in [9.17, 15) is 4.39 Å². The highest BCUT2D eigenvalue weighted by Gasteiger charge is 2.22. The first kappa shape index (κ1) is 18.7. The van der Waals surface area contributed by atoms with Crippen LogP contribution < -0.4 is 10.2 Å². The average molecular weight is 389 g/mol. The highest BCUT2D eigenvalue weighted by atomic mass is 19.1. The summed E-state index contributed by atoms with van der Waals surface area (Å²) in [7, 11) is 0. The van der Waals surface area contributed by atoms with Crippen molar-refractivity contribution in [1.29, 1.82) is 5.26 Å². The molecule has 1 aliphatic heterocycles. The second kappa shape index (κ2) is 7.43. The van der Waals surface area contributed by atoms with Gasteiger partial charge >= 0.3 is 0 Å². The van der Waals surface area contributed by atoms with Gasteiger partial charge in [0.25, 0.3) is 0 Å². The van der Waals surface area contributed by atoms with Gasteiger partial charge in [-0.25, -0.2) is 4.98 Å². The number of fused-ring (bicyclic) bond motifs is 1. The van der Waals surface area contributed by atoms with Gasteiger partial charge in [0, 0.05) is 30.9 Å². The normalized spacial score (nSPS) is 13.0. The molecule has 1 aliphatic rings. The van der Waals surface area contributed by atoms with Gasteiger partial charge < -0.3 is 10.2 Å². The molecule has 0 aliphatic carbocycles. The first-order chi connectivity index (χ1) is 14.0. The summed E-state index contributed by atoms with van der Waals surface area (Å²) in [5, 5.41) is 20.5.